The highest BCUT2D eigenvalue weighted by molar-refractivity contribution is 6.74. The van der Waals surface area contributed by atoms with Crippen LogP contribution < -0.4 is 5.32 Å². The van der Waals surface area contributed by atoms with Crippen LogP contribution in [-0.2, 0) is 21.8 Å². The van der Waals surface area contributed by atoms with Crippen molar-refractivity contribution in [3.63, 3.8) is 0 Å². The molecule has 0 heterocycles. The molecule has 0 spiro atoms. The Bertz CT molecular complexity index is 223. The topological polar surface area (TPSA) is 58.2 Å². The predicted molar refractivity (Wildman–Crippen MR) is 79.1 cm³/mol. The summed E-state index contributed by atoms with van der Waals surface area (Å²) in [7, 11) is -0.294. The number of rotatable bonds is 12. The summed E-state index contributed by atoms with van der Waals surface area (Å²) < 4.78 is 28.6. The first-order valence-corrected chi connectivity index (χ1v) is 10.9. The van der Waals surface area contributed by atoms with Crippen LogP contribution in [0, 0.1) is 0 Å². The Balaban J connectivity index is 4.86. The molecule has 0 amide bonds. The Morgan fingerprint density at radius 1 is 1.00 bits per heavy atom. The molecule has 0 aromatic carbocycles. The molecule has 0 bridgehead atoms. The van der Waals surface area contributed by atoms with Crippen LogP contribution in [0.15, 0.2) is 0 Å². The molecule has 19 heavy (non-hydrogen) atoms. The molecule has 0 saturated carbocycles. The SMILES string of the molecule is CCO[Si](CCCNC)(OCC)O[Si](C)(OC)OC. The maximum absolute atomic E-state index is 6.11. The molecule has 0 radical (unpaired) electrons. The summed E-state index contributed by atoms with van der Waals surface area (Å²) in [6, 6.07) is 0.755. The molecular formula is C11H29NO5Si2. The Hall–Kier alpha value is 0.194. The largest absolute Gasteiger partial charge is 0.493 e. The van der Waals surface area contributed by atoms with Crippen molar-refractivity contribution in [2.75, 3.05) is 41.0 Å². The number of nitrogens with one attached hydrogen (secondary N) is 1. The zero-order valence-corrected chi connectivity index (χ0v) is 15.1. The third kappa shape index (κ3) is 6.95. The van der Waals surface area contributed by atoms with Gasteiger partial charge in [0.05, 0.1) is 0 Å². The zero-order chi connectivity index (χ0) is 14.8. The summed E-state index contributed by atoms with van der Waals surface area (Å²) in [6.45, 7) is 7.76. The monoisotopic (exact) mass is 311 g/mol. The van der Waals surface area contributed by atoms with Crippen LogP contribution >= 0.6 is 0 Å². The average molecular weight is 312 g/mol. The van der Waals surface area contributed by atoms with Gasteiger partial charge in [0.25, 0.3) is 0 Å². The Morgan fingerprint density at radius 3 is 1.89 bits per heavy atom. The lowest BCUT2D eigenvalue weighted by Gasteiger charge is -2.35. The highest BCUT2D eigenvalue weighted by atomic mass is 28.5. The van der Waals surface area contributed by atoms with E-state index in [1.165, 1.54) is 0 Å². The minimum absolute atomic E-state index is 0.559. The van der Waals surface area contributed by atoms with E-state index in [2.05, 4.69) is 5.32 Å². The summed E-state index contributed by atoms with van der Waals surface area (Å²) in [5.41, 5.74) is 0. The summed E-state index contributed by atoms with van der Waals surface area (Å²) in [4.78, 5) is 0. The molecule has 8 heteroatoms. The van der Waals surface area contributed by atoms with E-state index in [0.717, 1.165) is 19.0 Å². The summed E-state index contributed by atoms with van der Waals surface area (Å²) in [5.74, 6) is 0. The van der Waals surface area contributed by atoms with Gasteiger partial charge in [-0.1, -0.05) is 0 Å². The number of hydrogen-bond donors (Lipinski definition) is 1. The van der Waals surface area contributed by atoms with Gasteiger partial charge in [0.2, 0.25) is 0 Å². The molecule has 0 aromatic heterocycles. The second kappa shape index (κ2) is 10.00. The first-order chi connectivity index (χ1) is 9.01. The van der Waals surface area contributed by atoms with Crippen LogP contribution in [0.5, 0.6) is 0 Å². The molecule has 0 rings (SSSR count). The van der Waals surface area contributed by atoms with E-state index in [1.807, 2.05) is 27.4 Å². The second-order valence-corrected chi connectivity index (χ2v) is 9.93. The van der Waals surface area contributed by atoms with Crippen LogP contribution in [0.25, 0.3) is 0 Å². The Labute approximate surface area is 119 Å². The first-order valence-electron chi connectivity index (χ1n) is 6.74. The minimum Gasteiger partial charge on any atom is -0.377 e. The van der Waals surface area contributed by atoms with E-state index in [9.17, 15) is 0 Å². The second-order valence-electron chi connectivity index (χ2n) is 4.13. The van der Waals surface area contributed by atoms with Gasteiger partial charge in [-0.25, -0.2) is 0 Å². The van der Waals surface area contributed by atoms with E-state index in [1.54, 1.807) is 14.2 Å². The third-order valence-electron chi connectivity index (χ3n) is 2.72. The lowest BCUT2D eigenvalue weighted by atomic mass is 10.5. The van der Waals surface area contributed by atoms with Gasteiger partial charge in [-0.3, -0.25) is 0 Å². The Morgan fingerprint density at radius 2 is 1.53 bits per heavy atom. The van der Waals surface area contributed by atoms with Crippen LogP contribution in [-0.4, -0.2) is 58.6 Å². The van der Waals surface area contributed by atoms with E-state index in [4.69, 9.17) is 21.8 Å². The van der Waals surface area contributed by atoms with Gasteiger partial charge in [-0.15, -0.1) is 0 Å². The molecule has 0 aliphatic heterocycles. The fourth-order valence-corrected chi connectivity index (χ4v) is 7.50. The van der Waals surface area contributed by atoms with Crippen molar-refractivity contribution in [1.82, 2.24) is 5.32 Å². The summed E-state index contributed by atoms with van der Waals surface area (Å²) in [5, 5.41) is 3.12. The molecule has 0 aliphatic carbocycles. The van der Waals surface area contributed by atoms with Crippen LogP contribution in [0.3, 0.4) is 0 Å². The lowest BCUT2D eigenvalue weighted by Crippen LogP contribution is -2.56. The van der Waals surface area contributed by atoms with Gasteiger partial charge in [-0.05, 0) is 33.9 Å². The predicted octanol–water partition coefficient (Wildman–Crippen LogP) is 1.49. The smallest absolute Gasteiger partial charge is 0.377 e. The van der Waals surface area contributed by atoms with Crippen molar-refractivity contribution in [3.8, 4) is 0 Å². The summed E-state index contributed by atoms with van der Waals surface area (Å²) in [6.07, 6.45) is 0.931. The van der Waals surface area contributed by atoms with Crippen molar-refractivity contribution in [2.24, 2.45) is 0 Å². The van der Waals surface area contributed by atoms with Crippen molar-refractivity contribution in [2.45, 2.75) is 32.9 Å². The van der Waals surface area contributed by atoms with Crippen molar-refractivity contribution >= 4 is 17.6 Å². The van der Waals surface area contributed by atoms with Gasteiger partial charge in [0.15, 0.2) is 0 Å². The van der Waals surface area contributed by atoms with Crippen LogP contribution in [0.2, 0.25) is 12.6 Å². The fourth-order valence-electron chi connectivity index (χ4n) is 1.67. The highest BCUT2D eigenvalue weighted by Crippen LogP contribution is 2.23. The van der Waals surface area contributed by atoms with Gasteiger partial charge in [-0.2, -0.15) is 0 Å². The first kappa shape index (κ1) is 19.2. The fraction of sp³-hybridized carbons (Fsp3) is 1.00. The lowest BCUT2D eigenvalue weighted by molar-refractivity contribution is 0.0684. The van der Waals surface area contributed by atoms with Gasteiger partial charge in [0.1, 0.15) is 0 Å². The van der Waals surface area contributed by atoms with Crippen molar-refractivity contribution in [1.29, 1.82) is 0 Å². The molecule has 0 atom stereocenters. The molecule has 0 aliphatic rings. The molecule has 0 saturated heterocycles. The van der Waals surface area contributed by atoms with E-state index < -0.39 is 17.6 Å². The minimum atomic E-state index is -2.74. The molecule has 0 aromatic rings. The van der Waals surface area contributed by atoms with Gasteiger partial charge < -0.3 is 27.1 Å². The highest BCUT2D eigenvalue weighted by Gasteiger charge is 2.49. The number of hydrogen-bond acceptors (Lipinski definition) is 6. The van der Waals surface area contributed by atoms with Crippen molar-refractivity contribution in [3.05, 3.63) is 0 Å². The van der Waals surface area contributed by atoms with Gasteiger partial charge in [0, 0.05) is 40.0 Å². The molecular weight excluding hydrogens is 282 g/mol. The zero-order valence-electron chi connectivity index (χ0n) is 13.1. The molecule has 0 fully saturated rings. The van der Waals surface area contributed by atoms with Gasteiger partial charge >= 0.3 is 17.6 Å². The normalized spacial score (nSPS) is 12.9. The molecule has 6 nitrogen and oxygen atoms in total. The Kier molecular flexibility index (Phi) is 10.1. The molecule has 116 valence electrons. The summed E-state index contributed by atoms with van der Waals surface area (Å²) >= 11 is 0. The molecule has 1 N–H and O–H groups in total. The van der Waals surface area contributed by atoms with Crippen LogP contribution in [0.1, 0.15) is 20.3 Å². The van der Waals surface area contributed by atoms with E-state index in [-0.39, 0.29) is 0 Å². The molecule has 0 unspecified atom stereocenters. The quantitative estimate of drug-likeness (QED) is 0.435. The maximum Gasteiger partial charge on any atom is 0.493 e. The third-order valence-corrected chi connectivity index (χ3v) is 9.35. The van der Waals surface area contributed by atoms with Crippen molar-refractivity contribution < 1.29 is 21.8 Å². The van der Waals surface area contributed by atoms with Crippen LogP contribution in [0.4, 0.5) is 0 Å². The van der Waals surface area contributed by atoms with E-state index in [0.29, 0.717) is 13.2 Å². The van der Waals surface area contributed by atoms with E-state index >= 15 is 0 Å². The maximum atomic E-state index is 6.11. The standard InChI is InChI=1S/C11H29NO5Si2/c1-7-15-19(16-8-2,11-9-10-12-3)17-18(6,13-4)14-5/h12H,7-11H2,1-6H3. The average Bonchev–Trinajstić information content (AvgIpc) is 2.39.